The first-order valence-corrected chi connectivity index (χ1v) is 11.9. The van der Waals surface area contributed by atoms with Gasteiger partial charge in [0, 0.05) is 45.0 Å². The van der Waals surface area contributed by atoms with E-state index in [0.717, 1.165) is 58.3 Å². The second-order valence-electron chi connectivity index (χ2n) is 8.98. The molecule has 0 unspecified atom stereocenters. The minimum absolute atomic E-state index is 0.00786. The number of H-pyrrole nitrogens is 1. The number of anilines is 1. The number of hydrogen-bond acceptors (Lipinski definition) is 7. The summed E-state index contributed by atoms with van der Waals surface area (Å²) in [7, 11) is 0. The van der Waals surface area contributed by atoms with E-state index in [1.165, 1.54) is 19.3 Å². The van der Waals surface area contributed by atoms with Gasteiger partial charge in [0.25, 0.3) is 5.56 Å². The highest BCUT2D eigenvalue weighted by atomic mass is 16.5. The van der Waals surface area contributed by atoms with E-state index in [-0.39, 0.29) is 23.1 Å². The second kappa shape index (κ2) is 10.9. The second-order valence-corrected chi connectivity index (χ2v) is 8.98. The average Bonchev–Trinajstić information content (AvgIpc) is 2.77. The van der Waals surface area contributed by atoms with Crippen LogP contribution in [0.1, 0.15) is 55.8 Å². The van der Waals surface area contributed by atoms with E-state index in [9.17, 15) is 9.59 Å². The molecule has 2 aliphatic heterocycles. The summed E-state index contributed by atoms with van der Waals surface area (Å²) in [5.74, 6) is 1.10. The summed E-state index contributed by atoms with van der Waals surface area (Å²) in [6.07, 6.45) is 7.70. The topological polar surface area (TPSA) is 126 Å². The van der Waals surface area contributed by atoms with Crippen molar-refractivity contribution < 1.29 is 9.53 Å². The highest BCUT2D eigenvalue weighted by molar-refractivity contribution is 5.83. The highest BCUT2D eigenvalue weighted by Crippen LogP contribution is 2.26. The fourth-order valence-electron chi connectivity index (χ4n) is 4.63. The number of hydrogen-bond donors (Lipinski definition) is 4. The maximum absolute atomic E-state index is 12.5. The molecule has 1 aromatic heterocycles. The molecule has 1 aliphatic carbocycles. The zero-order valence-corrected chi connectivity index (χ0v) is 18.7. The first kappa shape index (κ1) is 22.7. The molecule has 3 heterocycles. The minimum Gasteiger partial charge on any atom is -0.379 e. The van der Waals surface area contributed by atoms with Crippen LogP contribution >= 0.6 is 0 Å². The number of aromatic amines is 1. The van der Waals surface area contributed by atoms with E-state index >= 15 is 0 Å². The predicted molar refractivity (Wildman–Crippen MR) is 123 cm³/mol. The van der Waals surface area contributed by atoms with Crippen LogP contribution in [0.5, 0.6) is 0 Å². The number of urea groups is 1. The zero-order chi connectivity index (χ0) is 22.3. The van der Waals surface area contributed by atoms with Crippen molar-refractivity contribution in [2.24, 2.45) is 0 Å². The Morgan fingerprint density at radius 3 is 2.69 bits per heavy atom. The smallest absolute Gasteiger partial charge is 0.317 e. The SMILES string of the molecule is N=Cc1c(NC2CCCCC2)nc(C2CN(C(=O)NCCCN3CCOCC3)C2)[nH]c1=O. The van der Waals surface area contributed by atoms with Crippen molar-refractivity contribution >= 4 is 18.1 Å². The predicted octanol–water partition coefficient (Wildman–Crippen LogP) is 1.34. The van der Waals surface area contributed by atoms with Crippen molar-refractivity contribution in [3.63, 3.8) is 0 Å². The number of nitrogens with zero attached hydrogens (tertiary/aromatic N) is 3. The third-order valence-electron chi connectivity index (χ3n) is 6.65. The van der Waals surface area contributed by atoms with E-state index in [0.29, 0.717) is 37.3 Å². The Labute approximate surface area is 188 Å². The Kier molecular flexibility index (Phi) is 7.75. The fraction of sp³-hybridized carbons (Fsp3) is 0.727. The largest absolute Gasteiger partial charge is 0.379 e. The van der Waals surface area contributed by atoms with Gasteiger partial charge >= 0.3 is 6.03 Å². The number of rotatable bonds is 8. The lowest BCUT2D eigenvalue weighted by molar-refractivity contribution is 0.0374. The Morgan fingerprint density at radius 1 is 1.22 bits per heavy atom. The van der Waals surface area contributed by atoms with Gasteiger partial charge in [-0.05, 0) is 25.8 Å². The lowest BCUT2D eigenvalue weighted by Crippen LogP contribution is -2.53. The number of morpholine rings is 1. The van der Waals surface area contributed by atoms with Crippen LogP contribution < -0.4 is 16.2 Å². The molecule has 10 heteroatoms. The molecule has 10 nitrogen and oxygen atoms in total. The van der Waals surface area contributed by atoms with Crippen molar-refractivity contribution in [2.45, 2.75) is 50.5 Å². The summed E-state index contributed by atoms with van der Waals surface area (Å²) < 4.78 is 5.35. The average molecular weight is 446 g/mol. The number of likely N-dealkylation sites (tertiary alicyclic amines) is 1. The van der Waals surface area contributed by atoms with Gasteiger partial charge in [-0.1, -0.05) is 19.3 Å². The number of carbonyl (C=O) groups excluding carboxylic acids is 1. The van der Waals surface area contributed by atoms with Crippen LogP contribution in [0.2, 0.25) is 0 Å². The van der Waals surface area contributed by atoms with E-state index in [1.54, 1.807) is 4.90 Å². The minimum atomic E-state index is -0.297. The van der Waals surface area contributed by atoms with E-state index < -0.39 is 0 Å². The number of nitrogens with one attached hydrogen (secondary N) is 4. The van der Waals surface area contributed by atoms with Crippen LogP contribution in [0, 0.1) is 5.41 Å². The van der Waals surface area contributed by atoms with Crippen molar-refractivity contribution in [3.05, 3.63) is 21.7 Å². The van der Waals surface area contributed by atoms with Gasteiger partial charge in [0.1, 0.15) is 11.6 Å². The van der Waals surface area contributed by atoms with Crippen LogP contribution in [-0.4, -0.2) is 90.5 Å². The molecule has 176 valence electrons. The summed E-state index contributed by atoms with van der Waals surface area (Å²) >= 11 is 0. The number of carbonyl (C=O) groups is 1. The first-order chi connectivity index (χ1) is 15.6. The van der Waals surface area contributed by atoms with Gasteiger partial charge in [-0.2, -0.15) is 0 Å². The first-order valence-electron chi connectivity index (χ1n) is 11.9. The molecule has 0 atom stereocenters. The lowest BCUT2D eigenvalue weighted by Gasteiger charge is -2.38. The molecule has 3 aliphatic rings. The molecule has 0 spiro atoms. The fourth-order valence-corrected chi connectivity index (χ4v) is 4.63. The third kappa shape index (κ3) is 5.66. The van der Waals surface area contributed by atoms with E-state index in [4.69, 9.17) is 10.1 Å². The monoisotopic (exact) mass is 445 g/mol. The molecule has 4 rings (SSSR count). The summed E-state index contributed by atoms with van der Waals surface area (Å²) in [6.45, 7) is 6.18. The van der Waals surface area contributed by atoms with Gasteiger partial charge in [0.05, 0.1) is 24.7 Å². The Hall–Kier alpha value is -2.46. The number of aromatic nitrogens is 2. The molecular weight excluding hydrogens is 410 g/mol. The lowest BCUT2D eigenvalue weighted by atomic mass is 9.95. The maximum Gasteiger partial charge on any atom is 0.317 e. The molecule has 0 bridgehead atoms. The summed E-state index contributed by atoms with van der Waals surface area (Å²) in [5, 5.41) is 14.0. The van der Waals surface area contributed by atoms with Crippen molar-refractivity contribution in [1.82, 2.24) is 25.1 Å². The molecule has 1 aromatic rings. The van der Waals surface area contributed by atoms with Crippen LogP contribution in [0.25, 0.3) is 0 Å². The molecule has 2 amide bonds. The van der Waals surface area contributed by atoms with Crippen molar-refractivity contribution in [3.8, 4) is 0 Å². The molecule has 2 saturated heterocycles. The van der Waals surface area contributed by atoms with Crippen molar-refractivity contribution in [1.29, 1.82) is 5.41 Å². The van der Waals surface area contributed by atoms with Gasteiger partial charge in [0.2, 0.25) is 0 Å². The van der Waals surface area contributed by atoms with E-state index in [1.807, 2.05) is 0 Å². The van der Waals surface area contributed by atoms with Gasteiger partial charge < -0.3 is 30.7 Å². The third-order valence-corrected chi connectivity index (χ3v) is 6.65. The van der Waals surface area contributed by atoms with Gasteiger partial charge in [-0.25, -0.2) is 9.78 Å². The molecule has 0 aromatic carbocycles. The summed E-state index contributed by atoms with van der Waals surface area (Å²) in [4.78, 5) is 36.5. The summed E-state index contributed by atoms with van der Waals surface area (Å²) in [5.41, 5.74) is -0.0252. The highest BCUT2D eigenvalue weighted by Gasteiger charge is 2.34. The van der Waals surface area contributed by atoms with Gasteiger partial charge in [-0.15, -0.1) is 0 Å². The van der Waals surface area contributed by atoms with Gasteiger partial charge in [0.15, 0.2) is 0 Å². The molecule has 4 N–H and O–H groups in total. The zero-order valence-electron chi connectivity index (χ0n) is 18.7. The normalized spacial score (nSPS) is 20.6. The van der Waals surface area contributed by atoms with Crippen LogP contribution in [0.4, 0.5) is 10.6 Å². The Bertz CT molecular complexity index is 840. The maximum atomic E-state index is 12.5. The van der Waals surface area contributed by atoms with Crippen molar-refractivity contribution in [2.75, 3.05) is 57.8 Å². The number of ether oxygens (including phenoxy) is 1. The molecule has 3 fully saturated rings. The molecule has 32 heavy (non-hydrogen) atoms. The molecular formula is C22H35N7O3. The molecule has 1 saturated carbocycles. The quantitative estimate of drug-likeness (QED) is 0.353. The van der Waals surface area contributed by atoms with E-state index in [2.05, 4.69) is 25.5 Å². The Balaban J connectivity index is 1.26. The van der Waals surface area contributed by atoms with Crippen LogP contribution in [0.3, 0.4) is 0 Å². The van der Waals surface area contributed by atoms with Crippen LogP contribution in [-0.2, 0) is 4.74 Å². The molecule has 0 radical (unpaired) electrons. The standard InChI is InChI=1S/C22H35N7O3/c23-13-18-20(25-17-5-2-1-3-6-17)26-19(27-21(18)30)16-14-29(15-16)22(31)24-7-4-8-28-9-11-32-12-10-28/h13,16-17,23H,1-12,14-15H2,(H,24,31)(H2,25,26,27,30). The summed E-state index contributed by atoms with van der Waals surface area (Å²) in [6, 6.07) is 0.230. The number of amides is 2. The van der Waals surface area contributed by atoms with Crippen LogP contribution in [0.15, 0.2) is 4.79 Å². The van der Waals surface area contributed by atoms with Gasteiger partial charge in [-0.3, -0.25) is 9.69 Å². The Morgan fingerprint density at radius 2 is 1.97 bits per heavy atom.